The molecule has 1 atom stereocenters. The first-order valence-electron chi connectivity index (χ1n) is 7.21. The largest absolute Gasteiger partial charge is 0.309 e. The molecule has 3 nitrogen and oxygen atoms in total. The molecule has 0 fully saturated rings. The van der Waals surface area contributed by atoms with Crippen LogP contribution in [-0.2, 0) is 15.3 Å². The van der Waals surface area contributed by atoms with Crippen molar-refractivity contribution < 1.29 is 8.42 Å². The van der Waals surface area contributed by atoms with Gasteiger partial charge in [-0.2, -0.15) is 0 Å². The van der Waals surface area contributed by atoms with E-state index in [2.05, 4.69) is 38.2 Å². The van der Waals surface area contributed by atoms with Gasteiger partial charge in [-0.15, -0.1) is 0 Å². The maximum atomic E-state index is 11.5. The number of nitrogens with one attached hydrogen (secondary N) is 1. The van der Waals surface area contributed by atoms with E-state index in [-0.39, 0.29) is 17.2 Å². The molecule has 0 aliphatic carbocycles. The van der Waals surface area contributed by atoms with Crippen molar-refractivity contribution in [3.8, 4) is 0 Å². The van der Waals surface area contributed by atoms with Gasteiger partial charge in [-0.05, 0) is 29.5 Å². The van der Waals surface area contributed by atoms with E-state index in [1.165, 1.54) is 11.8 Å². The lowest BCUT2D eigenvalue weighted by Gasteiger charge is -2.24. The van der Waals surface area contributed by atoms with E-state index in [1.54, 1.807) is 0 Å². The summed E-state index contributed by atoms with van der Waals surface area (Å²) >= 11 is 0. The summed E-state index contributed by atoms with van der Waals surface area (Å²) in [6, 6.07) is 8.20. The van der Waals surface area contributed by atoms with Crippen LogP contribution >= 0.6 is 0 Å². The predicted molar refractivity (Wildman–Crippen MR) is 85.9 cm³/mol. The van der Waals surface area contributed by atoms with Gasteiger partial charge in [0.15, 0.2) is 0 Å². The molecule has 114 valence electrons. The van der Waals surface area contributed by atoms with Gasteiger partial charge in [0.25, 0.3) is 0 Å². The van der Waals surface area contributed by atoms with Crippen LogP contribution in [0.25, 0.3) is 0 Å². The summed E-state index contributed by atoms with van der Waals surface area (Å²) in [6.45, 7) is 9.37. The highest BCUT2D eigenvalue weighted by Crippen LogP contribution is 2.27. The normalized spacial score (nSPS) is 14.2. The Balaban J connectivity index is 2.99. The van der Waals surface area contributed by atoms with Gasteiger partial charge in [-0.1, -0.05) is 52.0 Å². The third kappa shape index (κ3) is 4.91. The molecule has 0 aromatic heterocycles. The summed E-state index contributed by atoms with van der Waals surface area (Å²) in [5.74, 6) is 0.136. The minimum absolute atomic E-state index is 0.131. The Morgan fingerprint density at radius 2 is 1.70 bits per heavy atom. The predicted octanol–water partition coefficient (Wildman–Crippen LogP) is 3.07. The van der Waals surface area contributed by atoms with Gasteiger partial charge in [0.2, 0.25) is 0 Å². The summed E-state index contributed by atoms with van der Waals surface area (Å²) in [6.07, 6.45) is 2.36. The fraction of sp³-hybridized carbons (Fsp3) is 0.625. The SMILES string of the molecule is CCNC(CS(C)(=O)=O)c1ccc(C(C)(C)CC)cc1. The first kappa shape index (κ1) is 17.2. The summed E-state index contributed by atoms with van der Waals surface area (Å²) in [7, 11) is -3.00. The molecule has 0 bridgehead atoms. The van der Waals surface area contributed by atoms with Crippen LogP contribution in [0.1, 0.15) is 51.3 Å². The lowest BCUT2D eigenvalue weighted by molar-refractivity contribution is 0.505. The van der Waals surface area contributed by atoms with Crippen molar-refractivity contribution >= 4 is 9.84 Å². The third-order valence-corrected chi connectivity index (χ3v) is 4.84. The molecule has 0 aliphatic heterocycles. The maximum Gasteiger partial charge on any atom is 0.149 e. The van der Waals surface area contributed by atoms with Gasteiger partial charge in [-0.3, -0.25) is 0 Å². The van der Waals surface area contributed by atoms with Crippen molar-refractivity contribution in [2.24, 2.45) is 0 Å². The molecule has 0 heterocycles. The molecular formula is C16H27NO2S. The van der Waals surface area contributed by atoms with Crippen molar-refractivity contribution in [2.75, 3.05) is 18.6 Å². The fourth-order valence-corrected chi connectivity index (χ4v) is 3.11. The van der Waals surface area contributed by atoms with E-state index in [1.807, 2.05) is 19.1 Å². The van der Waals surface area contributed by atoms with Crippen LogP contribution < -0.4 is 5.32 Å². The summed E-state index contributed by atoms with van der Waals surface area (Å²) in [4.78, 5) is 0. The Kier molecular flexibility index (Phi) is 5.78. The quantitative estimate of drug-likeness (QED) is 0.841. The Labute approximate surface area is 123 Å². The van der Waals surface area contributed by atoms with Gasteiger partial charge in [0, 0.05) is 12.3 Å². The van der Waals surface area contributed by atoms with Gasteiger partial charge in [0.05, 0.1) is 5.75 Å². The first-order chi connectivity index (χ1) is 9.19. The molecular weight excluding hydrogens is 270 g/mol. The molecule has 1 aromatic carbocycles. The van der Waals surface area contributed by atoms with Gasteiger partial charge in [0.1, 0.15) is 9.84 Å². The Bertz CT molecular complexity index is 518. The third-order valence-electron chi connectivity index (χ3n) is 3.90. The lowest BCUT2D eigenvalue weighted by Crippen LogP contribution is -2.27. The number of hydrogen-bond acceptors (Lipinski definition) is 3. The van der Waals surface area contributed by atoms with E-state index in [9.17, 15) is 8.42 Å². The molecule has 1 aromatic rings. The van der Waals surface area contributed by atoms with Crippen molar-refractivity contribution in [2.45, 2.75) is 45.6 Å². The van der Waals surface area contributed by atoms with Crippen LogP contribution in [0.5, 0.6) is 0 Å². The molecule has 1 N–H and O–H groups in total. The second-order valence-corrected chi connectivity index (χ2v) is 8.25. The standard InChI is InChI=1S/C16H27NO2S/c1-6-16(3,4)14-10-8-13(9-11-14)15(17-7-2)12-20(5,18)19/h8-11,15,17H,6-7,12H2,1-5H3. The van der Waals surface area contributed by atoms with E-state index in [0.717, 1.165) is 18.5 Å². The van der Waals surface area contributed by atoms with Crippen LogP contribution in [-0.4, -0.2) is 27.0 Å². The smallest absolute Gasteiger partial charge is 0.149 e. The zero-order valence-electron chi connectivity index (χ0n) is 13.2. The highest BCUT2D eigenvalue weighted by Gasteiger charge is 2.20. The number of benzene rings is 1. The van der Waals surface area contributed by atoms with Crippen LogP contribution in [0.3, 0.4) is 0 Å². The topological polar surface area (TPSA) is 46.2 Å². The van der Waals surface area contributed by atoms with Crippen LogP contribution in [0.2, 0.25) is 0 Å². The molecule has 0 aliphatic rings. The molecule has 20 heavy (non-hydrogen) atoms. The van der Waals surface area contributed by atoms with Crippen LogP contribution in [0.15, 0.2) is 24.3 Å². The van der Waals surface area contributed by atoms with Crippen molar-refractivity contribution in [3.05, 3.63) is 35.4 Å². The second-order valence-electron chi connectivity index (χ2n) is 6.06. The zero-order valence-corrected chi connectivity index (χ0v) is 14.0. The highest BCUT2D eigenvalue weighted by molar-refractivity contribution is 7.90. The summed E-state index contributed by atoms with van der Waals surface area (Å²) in [5.41, 5.74) is 2.48. The summed E-state index contributed by atoms with van der Waals surface area (Å²) in [5, 5.41) is 3.25. The minimum atomic E-state index is -3.00. The van der Waals surface area contributed by atoms with Crippen LogP contribution in [0, 0.1) is 0 Å². The Morgan fingerprint density at radius 1 is 1.15 bits per heavy atom. The maximum absolute atomic E-state index is 11.5. The molecule has 0 amide bonds. The monoisotopic (exact) mass is 297 g/mol. The number of sulfone groups is 1. The molecule has 0 saturated heterocycles. The first-order valence-corrected chi connectivity index (χ1v) is 9.27. The van der Waals surface area contributed by atoms with Gasteiger partial charge >= 0.3 is 0 Å². The Morgan fingerprint density at radius 3 is 2.10 bits per heavy atom. The average Bonchev–Trinajstić information content (AvgIpc) is 2.37. The minimum Gasteiger partial charge on any atom is -0.309 e. The van der Waals surface area contributed by atoms with E-state index >= 15 is 0 Å². The molecule has 1 rings (SSSR count). The van der Waals surface area contributed by atoms with Gasteiger partial charge in [-0.25, -0.2) is 8.42 Å². The van der Waals surface area contributed by atoms with Crippen molar-refractivity contribution in [1.29, 1.82) is 0 Å². The van der Waals surface area contributed by atoms with E-state index in [0.29, 0.717) is 0 Å². The van der Waals surface area contributed by atoms with E-state index < -0.39 is 9.84 Å². The molecule has 0 spiro atoms. The average molecular weight is 297 g/mol. The Hall–Kier alpha value is -0.870. The molecule has 0 radical (unpaired) electrons. The lowest BCUT2D eigenvalue weighted by atomic mass is 9.82. The van der Waals surface area contributed by atoms with Crippen molar-refractivity contribution in [3.63, 3.8) is 0 Å². The molecule has 4 heteroatoms. The summed E-state index contributed by atoms with van der Waals surface area (Å²) < 4.78 is 23.0. The van der Waals surface area contributed by atoms with E-state index in [4.69, 9.17) is 0 Å². The molecule has 1 unspecified atom stereocenters. The highest BCUT2D eigenvalue weighted by atomic mass is 32.2. The van der Waals surface area contributed by atoms with Crippen LogP contribution in [0.4, 0.5) is 0 Å². The second kappa shape index (κ2) is 6.72. The zero-order chi connectivity index (χ0) is 15.4. The fourth-order valence-electron chi connectivity index (χ4n) is 2.19. The molecule has 0 saturated carbocycles. The van der Waals surface area contributed by atoms with Gasteiger partial charge < -0.3 is 5.32 Å². The number of hydrogen-bond donors (Lipinski definition) is 1. The van der Waals surface area contributed by atoms with Crippen molar-refractivity contribution in [1.82, 2.24) is 5.32 Å². The number of rotatable bonds is 7.